The summed E-state index contributed by atoms with van der Waals surface area (Å²) in [5, 5.41) is 8.06. The van der Waals surface area contributed by atoms with Crippen molar-refractivity contribution < 1.29 is 14.1 Å². The second-order valence-corrected chi connectivity index (χ2v) is 8.17. The molecule has 0 bridgehead atoms. The molecule has 3 aromatic rings. The fourth-order valence-corrected chi connectivity index (χ4v) is 3.98. The fourth-order valence-electron chi connectivity index (χ4n) is 3.98. The number of nitrogens with zero attached hydrogens (tertiary/aromatic N) is 4. The van der Waals surface area contributed by atoms with Crippen LogP contribution in [0.2, 0.25) is 0 Å². The van der Waals surface area contributed by atoms with Gasteiger partial charge in [-0.25, -0.2) is 4.98 Å². The minimum Gasteiger partial charge on any atom is -0.491 e. The van der Waals surface area contributed by atoms with E-state index < -0.39 is 0 Å². The first kappa shape index (κ1) is 21.1. The van der Waals surface area contributed by atoms with Gasteiger partial charge in [0.2, 0.25) is 5.91 Å². The molecule has 0 saturated carbocycles. The third-order valence-electron chi connectivity index (χ3n) is 5.51. The minimum atomic E-state index is -0.0905. The van der Waals surface area contributed by atoms with Crippen molar-refractivity contribution in [3.63, 3.8) is 0 Å². The standard InChI is InChI=1S/C23H29N5O3/c1-4-19-20-21(25-14-26-23(20)31-27-19)28-11-5-6-17(13-28)22(29)24-12-16-7-9-18(10-8-16)30-15(2)3/h7-10,14-15,17H,4-6,11-13H2,1-3H3,(H,24,29)/t17-/m1/s1. The van der Waals surface area contributed by atoms with Crippen molar-refractivity contribution in [2.45, 2.75) is 52.7 Å². The van der Waals surface area contributed by atoms with E-state index in [1.54, 1.807) is 0 Å². The summed E-state index contributed by atoms with van der Waals surface area (Å²) in [7, 11) is 0. The van der Waals surface area contributed by atoms with E-state index in [-0.39, 0.29) is 17.9 Å². The van der Waals surface area contributed by atoms with E-state index in [9.17, 15) is 4.79 Å². The molecule has 164 valence electrons. The molecule has 1 atom stereocenters. The van der Waals surface area contributed by atoms with Crippen LogP contribution in [0.1, 0.15) is 44.9 Å². The molecule has 1 aromatic carbocycles. The number of carbonyl (C=O) groups excluding carboxylic acids is 1. The number of carbonyl (C=O) groups is 1. The van der Waals surface area contributed by atoms with E-state index in [1.807, 2.05) is 45.0 Å². The van der Waals surface area contributed by atoms with Gasteiger partial charge in [0.1, 0.15) is 23.3 Å². The third-order valence-corrected chi connectivity index (χ3v) is 5.51. The number of fused-ring (bicyclic) bond motifs is 1. The smallest absolute Gasteiger partial charge is 0.263 e. The van der Waals surface area contributed by atoms with Crippen LogP contribution < -0.4 is 15.0 Å². The Kier molecular flexibility index (Phi) is 6.34. The molecule has 1 aliphatic rings. The lowest BCUT2D eigenvalue weighted by Crippen LogP contribution is -2.43. The van der Waals surface area contributed by atoms with Crippen LogP contribution in [-0.4, -0.2) is 40.2 Å². The van der Waals surface area contributed by atoms with E-state index >= 15 is 0 Å². The number of rotatable bonds is 7. The molecule has 31 heavy (non-hydrogen) atoms. The number of anilines is 1. The summed E-state index contributed by atoms with van der Waals surface area (Å²) in [6.45, 7) is 8.00. The molecule has 2 aromatic heterocycles. The van der Waals surface area contributed by atoms with Gasteiger partial charge in [-0.1, -0.05) is 24.2 Å². The maximum atomic E-state index is 12.9. The average molecular weight is 424 g/mol. The largest absolute Gasteiger partial charge is 0.491 e. The Morgan fingerprint density at radius 3 is 2.84 bits per heavy atom. The Hall–Kier alpha value is -3.16. The van der Waals surface area contributed by atoms with Gasteiger partial charge in [-0.2, -0.15) is 4.98 Å². The molecule has 8 heteroatoms. The normalized spacial score (nSPS) is 16.6. The molecule has 0 spiro atoms. The molecule has 1 N–H and O–H groups in total. The Morgan fingerprint density at radius 1 is 1.29 bits per heavy atom. The monoisotopic (exact) mass is 423 g/mol. The topological polar surface area (TPSA) is 93.4 Å². The molecule has 1 amide bonds. The van der Waals surface area contributed by atoms with Crippen LogP contribution in [0, 0.1) is 5.92 Å². The lowest BCUT2D eigenvalue weighted by Gasteiger charge is -2.33. The number of hydrogen-bond donors (Lipinski definition) is 1. The van der Waals surface area contributed by atoms with Gasteiger partial charge in [-0.3, -0.25) is 4.79 Å². The highest BCUT2D eigenvalue weighted by molar-refractivity contribution is 5.88. The molecule has 1 saturated heterocycles. The number of ether oxygens (including phenoxy) is 1. The first-order valence-corrected chi connectivity index (χ1v) is 10.9. The molecule has 4 rings (SSSR count). The van der Waals surface area contributed by atoms with Crippen molar-refractivity contribution in [1.82, 2.24) is 20.4 Å². The third kappa shape index (κ3) is 4.78. The summed E-state index contributed by atoms with van der Waals surface area (Å²) in [4.78, 5) is 23.7. The Labute approximate surface area is 182 Å². The van der Waals surface area contributed by atoms with Crippen LogP contribution in [0.25, 0.3) is 11.1 Å². The molecular formula is C23H29N5O3. The van der Waals surface area contributed by atoms with Gasteiger partial charge in [-0.05, 0) is 50.8 Å². The maximum Gasteiger partial charge on any atom is 0.263 e. The van der Waals surface area contributed by atoms with Gasteiger partial charge in [0, 0.05) is 19.6 Å². The quantitative estimate of drug-likeness (QED) is 0.622. The summed E-state index contributed by atoms with van der Waals surface area (Å²) in [6.07, 6.45) is 4.17. The van der Waals surface area contributed by atoms with E-state index in [2.05, 4.69) is 25.3 Å². The highest BCUT2D eigenvalue weighted by Gasteiger charge is 2.28. The average Bonchev–Trinajstić information content (AvgIpc) is 3.21. The molecule has 3 heterocycles. The van der Waals surface area contributed by atoms with Crippen molar-refractivity contribution in [2.75, 3.05) is 18.0 Å². The molecule has 0 unspecified atom stereocenters. The van der Waals surface area contributed by atoms with Gasteiger partial charge in [0.15, 0.2) is 0 Å². The van der Waals surface area contributed by atoms with Crippen molar-refractivity contribution in [2.24, 2.45) is 5.92 Å². The van der Waals surface area contributed by atoms with Crippen LogP contribution in [0.15, 0.2) is 35.1 Å². The van der Waals surface area contributed by atoms with E-state index in [0.717, 1.165) is 54.0 Å². The Morgan fingerprint density at radius 2 is 2.10 bits per heavy atom. The predicted octanol–water partition coefficient (Wildman–Crippen LogP) is 3.50. The molecule has 0 radical (unpaired) electrons. The molecular weight excluding hydrogens is 394 g/mol. The van der Waals surface area contributed by atoms with Gasteiger partial charge in [0.05, 0.1) is 17.7 Å². The number of aromatic nitrogens is 3. The van der Waals surface area contributed by atoms with Gasteiger partial charge in [0.25, 0.3) is 5.71 Å². The van der Waals surface area contributed by atoms with Crippen LogP contribution in [-0.2, 0) is 17.8 Å². The number of amides is 1. The first-order chi connectivity index (χ1) is 15.0. The molecule has 0 aliphatic carbocycles. The number of hydrogen-bond acceptors (Lipinski definition) is 7. The van der Waals surface area contributed by atoms with Crippen LogP contribution in [0.3, 0.4) is 0 Å². The van der Waals surface area contributed by atoms with Crippen molar-refractivity contribution in [3.8, 4) is 5.75 Å². The van der Waals surface area contributed by atoms with E-state index in [4.69, 9.17) is 9.26 Å². The molecule has 8 nitrogen and oxygen atoms in total. The van der Waals surface area contributed by atoms with Crippen LogP contribution >= 0.6 is 0 Å². The highest BCUT2D eigenvalue weighted by atomic mass is 16.5. The highest BCUT2D eigenvalue weighted by Crippen LogP contribution is 2.30. The van der Waals surface area contributed by atoms with Crippen LogP contribution in [0.4, 0.5) is 5.82 Å². The Balaban J connectivity index is 1.40. The summed E-state index contributed by atoms with van der Waals surface area (Å²) < 4.78 is 11.0. The second-order valence-electron chi connectivity index (χ2n) is 8.17. The van der Waals surface area contributed by atoms with E-state index in [0.29, 0.717) is 18.8 Å². The molecule has 1 fully saturated rings. The van der Waals surface area contributed by atoms with E-state index in [1.165, 1.54) is 6.33 Å². The Bertz CT molecular complexity index is 1030. The zero-order chi connectivity index (χ0) is 21.8. The van der Waals surface area contributed by atoms with Crippen LogP contribution in [0.5, 0.6) is 5.75 Å². The number of benzene rings is 1. The maximum absolute atomic E-state index is 12.9. The predicted molar refractivity (Wildman–Crippen MR) is 118 cm³/mol. The van der Waals surface area contributed by atoms with Gasteiger partial charge in [-0.15, -0.1) is 0 Å². The zero-order valence-electron chi connectivity index (χ0n) is 18.3. The molecule has 1 aliphatic heterocycles. The first-order valence-electron chi connectivity index (χ1n) is 10.9. The van der Waals surface area contributed by atoms with Gasteiger partial charge < -0.3 is 19.5 Å². The minimum absolute atomic E-state index is 0.0681. The van der Waals surface area contributed by atoms with Gasteiger partial charge >= 0.3 is 0 Å². The number of aryl methyl sites for hydroxylation is 1. The summed E-state index contributed by atoms with van der Waals surface area (Å²) >= 11 is 0. The lowest BCUT2D eigenvalue weighted by molar-refractivity contribution is -0.125. The van der Waals surface area contributed by atoms with Crippen molar-refractivity contribution in [3.05, 3.63) is 41.9 Å². The fraction of sp³-hybridized carbons (Fsp3) is 0.478. The second kappa shape index (κ2) is 9.32. The zero-order valence-corrected chi connectivity index (χ0v) is 18.3. The summed E-state index contributed by atoms with van der Waals surface area (Å²) in [5.41, 5.74) is 2.40. The lowest BCUT2D eigenvalue weighted by atomic mass is 9.96. The summed E-state index contributed by atoms with van der Waals surface area (Å²) in [5.74, 6) is 1.62. The number of piperidine rings is 1. The van der Waals surface area contributed by atoms with Crippen molar-refractivity contribution >= 4 is 22.8 Å². The number of nitrogens with one attached hydrogen (secondary N) is 1. The summed E-state index contributed by atoms with van der Waals surface area (Å²) in [6, 6.07) is 7.85. The van der Waals surface area contributed by atoms with Crippen molar-refractivity contribution in [1.29, 1.82) is 0 Å². The SMILES string of the molecule is CCc1noc2ncnc(N3CCC[C@@H](C(=O)NCc4ccc(OC(C)C)cc4)C3)c12.